The Labute approximate surface area is 102 Å². The fourth-order valence-electron chi connectivity index (χ4n) is 1.74. The molecular formula is C12H7AsO4. The second kappa shape index (κ2) is 3.07. The van der Waals surface area contributed by atoms with Gasteiger partial charge in [0, 0.05) is 0 Å². The summed E-state index contributed by atoms with van der Waals surface area (Å²) in [5.74, 6) is 2.64. The minimum absolute atomic E-state index is 0.632. The molecule has 1 aromatic carbocycles. The van der Waals surface area contributed by atoms with Crippen LogP contribution < -0.4 is 7.45 Å². The molecule has 0 atom stereocenters. The summed E-state index contributed by atoms with van der Waals surface area (Å²) in [5.41, 5.74) is 0. The standard InChI is InChI=1S/C12H7AsO4/c1-2-6-10-9(5-1)14-13(15-10)16-11-7-3-4-8-12(11)17-13/h1-3,5-8H. The summed E-state index contributed by atoms with van der Waals surface area (Å²) in [6.45, 7) is 0. The summed E-state index contributed by atoms with van der Waals surface area (Å²) in [6.07, 6.45) is 8.21. The Hall–Kier alpha value is -1.89. The van der Waals surface area contributed by atoms with Gasteiger partial charge in [0.05, 0.1) is 0 Å². The first kappa shape index (κ1) is 9.17. The van der Waals surface area contributed by atoms with Gasteiger partial charge in [-0.1, -0.05) is 0 Å². The average molecular weight is 290 g/mol. The molecule has 1 spiro atoms. The van der Waals surface area contributed by atoms with Crippen LogP contribution in [0, 0.1) is 6.08 Å². The van der Waals surface area contributed by atoms with Crippen molar-refractivity contribution >= 4 is 14.9 Å². The van der Waals surface area contributed by atoms with Crippen LogP contribution in [-0.4, -0.2) is 14.9 Å². The molecule has 17 heavy (non-hydrogen) atoms. The fourth-order valence-corrected chi connectivity index (χ4v) is 5.48. The first-order valence-corrected chi connectivity index (χ1v) is 8.18. The third kappa shape index (κ3) is 1.29. The van der Waals surface area contributed by atoms with E-state index in [0.29, 0.717) is 23.0 Å². The number of rotatable bonds is 0. The third-order valence-corrected chi connectivity index (χ3v) is 6.01. The van der Waals surface area contributed by atoms with Gasteiger partial charge in [-0.05, 0) is 0 Å². The Bertz CT molecular complexity index is 537. The van der Waals surface area contributed by atoms with Gasteiger partial charge in [0.25, 0.3) is 0 Å². The third-order valence-electron chi connectivity index (χ3n) is 2.48. The maximum atomic E-state index is 5.73. The van der Waals surface area contributed by atoms with Gasteiger partial charge in [-0.2, -0.15) is 0 Å². The van der Waals surface area contributed by atoms with Crippen LogP contribution in [0.2, 0.25) is 0 Å². The van der Waals surface area contributed by atoms with E-state index in [1.807, 2.05) is 24.3 Å². The Morgan fingerprint density at radius 3 is 2.29 bits per heavy atom. The van der Waals surface area contributed by atoms with Crippen molar-refractivity contribution < 1.29 is 14.9 Å². The van der Waals surface area contributed by atoms with Gasteiger partial charge in [-0.15, -0.1) is 0 Å². The van der Waals surface area contributed by atoms with Gasteiger partial charge in [-0.3, -0.25) is 0 Å². The minimum atomic E-state index is -3.48. The van der Waals surface area contributed by atoms with Crippen molar-refractivity contribution in [1.29, 1.82) is 0 Å². The van der Waals surface area contributed by atoms with Gasteiger partial charge in [0.15, 0.2) is 0 Å². The van der Waals surface area contributed by atoms with Crippen LogP contribution in [0.15, 0.2) is 54.0 Å². The van der Waals surface area contributed by atoms with Crippen LogP contribution in [0.3, 0.4) is 0 Å². The molecule has 5 heteroatoms. The Balaban J connectivity index is 1.68. The summed E-state index contributed by atoms with van der Waals surface area (Å²) < 4.78 is 22.9. The Morgan fingerprint density at radius 1 is 0.882 bits per heavy atom. The van der Waals surface area contributed by atoms with Crippen molar-refractivity contribution in [2.45, 2.75) is 0 Å². The summed E-state index contributed by atoms with van der Waals surface area (Å²) in [4.78, 5) is 0. The van der Waals surface area contributed by atoms with Crippen LogP contribution in [0.1, 0.15) is 0 Å². The topological polar surface area (TPSA) is 36.9 Å². The summed E-state index contributed by atoms with van der Waals surface area (Å²) >= 11 is -3.48. The molecule has 2 heterocycles. The number of para-hydroxylation sites is 2. The number of hydrogen-bond donors (Lipinski definition) is 0. The molecule has 0 N–H and O–H groups in total. The van der Waals surface area contributed by atoms with E-state index in [9.17, 15) is 0 Å². The first-order chi connectivity index (χ1) is 8.35. The van der Waals surface area contributed by atoms with Gasteiger partial charge in [0.1, 0.15) is 0 Å². The predicted molar refractivity (Wildman–Crippen MR) is 59.6 cm³/mol. The van der Waals surface area contributed by atoms with E-state index in [2.05, 4.69) is 6.08 Å². The zero-order valence-corrected chi connectivity index (χ0v) is 10.5. The molecule has 0 unspecified atom stereocenters. The fraction of sp³-hybridized carbons (Fsp3) is 0. The Morgan fingerprint density at radius 2 is 1.59 bits per heavy atom. The van der Waals surface area contributed by atoms with Crippen molar-refractivity contribution in [1.82, 2.24) is 0 Å². The van der Waals surface area contributed by atoms with Crippen LogP contribution in [0.25, 0.3) is 0 Å². The number of hydrogen-bond acceptors (Lipinski definition) is 4. The van der Waals surface area contributed by atoms with E-state index in [4.69, 9.17) is 14.9 Å². The normalized spacial score (nSPS) is 22.8. The maximum absolute atomic E-state index is 5.73. The second-order valence-electron chi connectivity index (χ2n) is 3.63. The summed E-state index contributed by atoms with van der Waals surface area (Å²) in [6, 6.07) is 7.45. The van der Waals surface area contributed by atoms with E-state index < -0.39 is 14.9 Å². The van der Waals surface area contributed by atoms with E-state index in [1.165, 1.54) is 0 Å². The SMILES string of the molecule is [C+]1=CC2=C(C=C1)O[As-]1(O2)Oc2ccccc2O1. The van der Waals surface area contributed by atoms with Gasteiger partial charge >= 0.3 is 101 Å². The molecule has 1 aromatic rings. The van der Waals surface area contributed by atoms with Crippen molar-refractivity contribution in [3.63, 3.8) is 0 Å². The molecule has 84 valence electrons. The van der Waals surface area contributed by atoms with Gasteiger partial charge < -0.3 is 0 Å². The monoisotopic (exact) mass is 290 g/mol. The molecule has 0 fully saturated rings. The molecule has 0 saturated heterocycles. The van der Waals surface area contributed by atoms with Crippen LogP contribution in [-0.2, 0) is 7.45 Å². The molecule has 2 aliphatic heterocycles. The van der Waals surface area contributed by atoms with Gasteiger partial charge in [0.2, 0.25) is 0 Å². The molecule has 0 saturated carbocycles. The number of fused-ring (bicyclic) bond motifs is 1. The van der Waals surface area contributed by atoms with Crippen molar-refractivity contribution in [3.05, 3.63) is 60.1 Å². The molecule has 3 aliphatic rings. The quantitative estimate of drug-likeness (QED) is 0.541. The first-order valence-electron chi connectivity index (χ1n) is 5.11. The molecule has 1 aliphatic carbocycles. The van der Waals surface area contributed by atoms with Crippen molar-refractivity contribution in [3.8, 4) is 11.5 Å². The van der Waals surface area contributed by atoms with Crippen LogP contribution >= 0.6 is 0 Å². The van der Waals surface area contributed by atoms with E-state index in [1.54, 1.807) is 18.2 Å². The van der Waals surface area contributed by atoms with E-state index in [-0.39, 0.29) is 0 Å². The molecule has 4 nitrogen and oxygen atoms in total. The second-order valence-corrected chi connectivity index (χ2v) is 7.04. The van der Waals surface area contributed by atoms with E-state index >= 15 is 0 Å². The predicted octanol–water partition coefficient (Wildman–Crippen LogP) is 2.08. The molecule has 0 bridgehead atoms. The molecule has 0 amide bonds. The number of benzene rings is 1. The molecule has 0 radical (unpaired) electrons. The zero-order valence-electron chi connectivity index (χ0n) is 8.62. The van der Waals surface area contributed by atoms with Crippen LogP contribution in [0.5, 0.6) is 11.5 Å². The average Bonchev–Trinajstić information content (AvgIpc) is 2.87. The van der Waals surface area contributed by atoms with Crippen molar-refractivity contribution in [2.75, 3.05) is 0 Å². The van der Waals surface area contributed by atoms with Crippen molar-refractivity contribution in [2.24, 2.45) is 0 Å². The molecule has 4 rings (SSSR count). The molecule has 0 aromatic heterocycles. The van der Waals surface area contributed by atoms with Gasteiger partial charge in [-0.25, -0.2) is 0 Å². The molecular weight excluding hydrogens is 283 g/mol. The zero-order chi connectivity index (χ0) is 11.3. The summed E-state index contributed by atoms with van der Waals surface area (Å²) in [5, 5.41) is 0. The van der Waals surface area contributed by atoms with Crippen LogP contribution in [0.4, 0.5) is 0 Å². The van der Waals surface area contributed by atoms with E-state index in [0.717, 1.165) is 0 Å². The Kier molecular flexibility index (Phi) is 1.66. The summed E-state index contributed by atoms with van der Waals surface area (Å²) in [7, 11) is 0. The number of allylic oxidation sites excluding steroid dienone is 4.